The molecule has 0 unspecified atom stereocenters. The molecule has 0 bridgehead atoms. The van der Waals surface area contributed by atoms with Gasteiger partial charge in [-0.25, -0.2) is 0 Å². The normalized spacial score (nSPS) is 27.9. The van der Waals surface area contributed by atoms with E-state index in [1.807, 2.05) is 0 Å². The van der Waals surface area contributed by atoms with Crippen LogP contribution in [0.5, 0.6) is 0 Å². The van der Waals surface area contributed by atoms with E-state index < -0.39 is 0 Å². The molecule has 0 nitrogen and oxygen atoms in total. The Morgan fingerprint density at radius 2 is 1.79 bits per heavy atom. The molecule has 0 saturated heterocycles. The van der Waals surface area contributed by atoms with Crippen molar-refractivity contribution in [3.8, 4) is 0 Å². The molecule has 14 heavy (non-hydrogen) atoms. The van der Waals surface area contributed by atoms with Gasteiger partial charge in [-0.05, 0) is 18.3 Å². The number of hydrogen-bond donors (Lipinski definition) is 0. The van der Waals surface area contributed by atoms with Crippen LogP contribution in [0.25, 0.3) is 0 Å². The van der Waals surface area contributed by atoms with Crippen molar-refractivity contribution in [1.82, 2.24) is 0 Å². The molecule has 1 fully saturated rings. The fraction of sp³-hybridized carbons (Fsp3) is 1.00. The van der Waals surface area contributed by atoms with E-state index in [1.165, 1.54) is 64.2 Å². The summed E-state index contributed by atoms with van der Waals surface area (Å²) in [5, 5.41) is 0. The zero-order chi connectivity index (χ0) is 10.2. The minimum atomic E-state index is 1.02. The van der Waals surface area contributed by atoms with Crippen LogP contribution in [-0.2, 0) is 0 Å². The molecule has 0 aliphatic heterocycles. The van der Waals surface area contributed by atoms with E-state index in [2.05, 4.69) is 13.8 Å². The highest BCUT2D eigenvalue weighted by Crippen LogP contribution is 2.31. The summed E-state index contributed by atoms with van der Waals surface area (Å²) in [4.78, 5) is 0. The lowest BCUT2D eigenvalue weighted by atomic mass is 9.80. The molecule has 0 heteroatoms. The van der Waals surface area contributed by atoms with Gasteiger partial charge in [0.2, 0.25) is 0 Å². The topological polar surface area (TPSA) is 0 Å². The smallest absolute Gasteiger partial charge is 0.0412 e. The summed E-state index contributed by atoms with van der Waals surface area (Å²) in [7, 11) is 0. The number of hydrogen-bond acceptors (Lipinski definition) is 0. The third-order valence-corrected chi connectivity index (χ3v) is 3.76. The van der Waals surface area contributed by atoms with Gasteiger partial charge in [0.15, 0.2) is 0 Å². The lowest BCUT2D eigenvalue weighted by Gasteiger charge is -2.26. The highest BCUT2D eigenvalue weighted by atomic mass is 14.2. The predicted molar refractivity (Wildman–Crippen MR) is 64.5 cm³/mol. The maximum atomic E-state index is 2.43. The van der Waals surface area contributed by atoms with Gasteiger partial charge in [0.05, 0.1) is 0 Å². The summed E-state index contributed by atoms with van der Waals surface area (Å²) in [5.74, 6) is 2.10. The molecule has 1 rings (SSSR count). The fourth-order valence-corrected chi connectivity index (χ4v) is 2.86. The zero-order valence-electron chi connectivity index (χ0n) is 10.2. The SMILES string of the molecule is CCCCCCC[C@H]1CCC[C@H](C)C1. The molecule has 1 aliphatic carbocycles. The first-order valence-corrected chi connectivity index (χ1v) is 6.83. The Bertz CT molecular complexity index is 128. The van der Waals surface area contributed by atoms with E-state index in [9.17, 15) is 0 Å². The van der Waals surface area contributed by atoms with Crippen LogP contribution < -0.4 is 0 Å². The highest BCUT2D eigenvalue weighted by molar-refractivity contribution is 4.70. The minimum Gasteiger partial charge on any atom is -0.0654 e. The van der Waals surface area contributed by atoms with Crippen molar-refractivity contribution in [3.05, 3.63) is 0 Å². The van der Waals surface area contributed by atoms with Crippen LogP contribution in [0.1, 0.15) is 78.1 Å². The summed E-state index contributed by atoms with van der Waals surface area (Å²) in [5.41, 5.74) is 0. The van der Waals surface area contributed by atoms with Crippen molar-refractivity contribution >= 4 is 0 Å². The van der Waals surface area contributed by atoms with E-state index >= 15 is 0 Å². The van der Waals surface area contributed by atoms with Crippen LogP contribution in [0.3, 0.4) is 0 Å². The Hall–Kier alpha value is 0. The van der Waals surface area contributed by atoms with E-state index in [0.717, 1.165) is 11.8 Å². The zero-order valence-corrected chi connectivity index (χ0v) is 10.2. The monoisotopic (exact) mass is 196 g/mol. The Kier molecular flexibility index (Phi) is 6.31. The quantitative estimate of drug-likeness (QED) is 0.514. The molecular formula is C14H28. The van der Waals surface area contributed by atoms with E-state index in [4.69, 9.17) is 0 Å². The third-order valence-electron chi connectivity index (χ3n) is 3.76. The molecule has 2 atom stereocenters. The second-order valence-corrected chi connectivity index (χ2v) is 5.34. The Balaban J connectivity index is 1.95. The lowest BCUT2D eigenvalue weighted by Crippen LogP contribution is -2.12. The molecular weight excluding hydrogens is 168 g/mol. The Morgan fingerprint density at radius 3 is 2.50 bits per heavy atom. The van der Waals surface area contributed by atoms with E-state index in [1.54, 1.807) is 0 Å². The Morgan fingerprint density at radius 1 is 1.00 bits per heavy atom. The van der Waals surface area contributed by atoms with Crippen molar-refractivity contribution in [3.63, 3.8) is 0 Å². The first-order chi connectivity index (χ1) is 6.83. The van der Waals surface area contributed by atoms with Gasteiger partial charge in [-0.15, -0.1) is 0 Å². The molecule has 0 aromatic rings. The van der Waals surface area contributed by atoms with Gasteiger partial charge < -0.3 is 0 Å². The molecule has 0 aromatic carbocycles. The second-order valence-electron chi connectivity index (χ2n) is 5.34. The second kappa shape index (κ2) is 7.31. The van der Waals surface area contributed by atoms with Crippen LogP contribution in [0, 0.1) is 11.8 Å². The molecule has 0 aromatic heterocycles. The average Bonchev–Trinajstić information content (AvgIpc) is 2.18. The number of unbranched alkanes of at least 4 members (excludes halogenated alkanes) is 4. The van der Waals surface area contributed by atoms with Crippen molar-refractivity contribution in [2.45, 2.75) is 78.1 Å². The molecule has 84 valence electrons. The van der Waals surface area contributed by atoms with Gasteiger partial charge in [-0.1, -0.05) is 71.6 Å². The summed E-state index contributed by atoms with van der Waals surface area (Å²) in [6, 6.07) is 0. The van der Waals surface area contributed by atoms with Crippen LogP contribution in [-0.4, -0.2) is 0 Å². The van der Waals surface area contributed by atoms with Crippen LogP contribution in [0.15, 0.2) is 0 Å². The van der Waals surface area contributed by atoms with Gasteiger partial charge in [0, 0.05) is 0 Å². The van der Waals surface area contributed by atoms with Crippen molar-refractivity contribution < 1.29 is 0 Å². The molecule has 0 heterocycles. The average molecular weight is 196 g/mol. The lowest BCUT2D eigenvalue weighted by molar-refractivity contribution is 0.264. The molecule has 0 spiro atoms. The van der Waals surface area contributed by atoms with Crippen LogP contribution in [0.2, 0.25) is 0 Å². The highest BCUT2D eigenvalue weighted by Gasteiger charge is 2.17. The summed E-state index contributed by atoms with van der Waals surface area (Å²) < 4.78 is 0. The van der Waals surface area contributed by atoms with E-state index in [0.29, 0.717) is 0 Å². The Labute approximate surface area is 90.5 Å². The van der Waals surface area contributed by atoms with Crippen LogP contribution >= 0.6 is 0 Å². The van der Waals surface area contributed by atoms with Gasteiger partial charge >= 0.3 is 0 Å². The molecule has 0 radical (unpaired) electrons. The summed E-state index contributed by atoms with van der Waals surface area (Å²) in [6.07, 6.45) is 14.8. The summed E-state index contributed by atoms with van der Waals surface area (Å²) >= 11 is 0. The van der Waals surface area contributed by atoms with Gasteiger partial charge in [-0.2, -0.15) is 0 Å². The first kappa shape index (κ1) is 12.1. The summed E-state index contributed by atoms with van der Waals surface area (Å²) in [6.45, 7) is 4.73. The van der Waals surface area contributed by atoms with Gasteiger partial charge in [0.1, 0.15) is 0 Å². The van der Waals surface area contributed by atoms with Crippen molar-refractivity contribution in [2.75, 3.05) is 0 Å². The third kappa shape index (κ3) is 5.02. The first-order valence-electron chi connectivity index (χ1n) is 6.83. The largest absolute Gasteiger partial charge is 0.0654 e. The van der Waals surface area contributed by atoms with Gasteiger partial charge in [-0.3, -0.25) is 0 Å². The molecule has 1 aliphatic rings. The van der Waals surface area contributed by atoms with Crippen molar-refractivity contribution in [2.24, 2.45) is 11.8 Å². The number of rotatable bonds is 6. The maximum Gasteiger partial charge on any atom is -0.0412 e. The predicted octanol–water partition coefficient (Wildman–Crippen LogP) is 5.17. The van der Waals surface area contributed by atoms with E-state index in [-0.39, 0.29) is 0 Å². The fourth-order valence-electron chi connectivity index (χ4n) is 2.86. The molecule has 0 N–H and O–H groups in total. The van der Waals surface area contributed by atoms with Crippen molar-refractivity contribution in [1.29, 1.82) is 0 Å². The molecule has 0 amide bonds. The minimum absolute atomic E-state index is 1.02. The van der Waals surface area contributed by atoms with Crippen LogP contribution in [0.4, 0.5) is 0 Å². The molecule has 1 saturated carbocycles. The standard InChI is InChI=1S/C14H28/c1-3-4-5-6-7-10-14-11-8-9-13(2)12-14/h13-14H,3-12H2,1-2H3/t13-,14-/m0/s1. The van der Waals surface area contributed by atoms with Gasteiger partial charge in [0.25, 0.3) is 0 Å². The maximum absolute atomic E-state index is 2.43.